The lowest BCUT2D eigenvalue weighted by Gasteiger charge is -2.19. The molecule has 0 fully saturated rings. The molecular weight excluding hydrogens is 256 g/mol. The Morgan fingerprint density at radius 2 is 2.12 bits per heavy atom. The molecule has 0 saturated heterocycles. The molecule has 90 valence electrons. The number of thiazole rings is 1. The van der Waals surface area contributed by atoms with Crippen LogP contribution in [0.5, 0.6) is 0 Å². The van der Waals surface area contributed by atoms with Gasteiger partial charge in [-0.2, -0.15) is 0 Å². The Bertz CT molecular complexity index is 512. The van der Waals surface area contributed by atoms with Crippen molar-refractivity contribution in [3.8, 4) is 0 Å². The average Bonchev–Trinajstić information content (AvgIpc) is 2.76. The molecule has 2 heterocycles. The number of nitrogens with zero attached hydrogens (tertiary/aromatic N) is 4. The minimum absolute atomic E-state index is 0.512. The monoisotopic (exact) mass is 268 g/mol. The van der Waals surface area contributed by atoms with E-state index in [0.29, 0.717) is 11.0 Å². The first kappa shape index (κ1) is 12.3. The van der Waals surface area contributed by atoms with E-state index < -0.39 is 0 Å². The first-order chi connectivity index (χ1) is 8.08. The van der Waals surface area contributed by atoms with Crippen LogP contribution in [-0.4, -0.2) is 22.0 Å². The second kappa shape index (κ2) is 4.98. The van der Waals surface area contributed by atoms with Gasteiger partial charge in [-0.15, -0.1) is 11.3 Å². The second-order valence-electron chi connectivity index (χ2n) is 3.85. The number of aromatic nitrogens is 3. The van der Waals surface area contributed by atoms with E-state index in [4.69, 9.17) is 11.6 Å². The maximum absolute atomic E-state index is 6.05. The zero-order valence-electron chi connectivity index (χ0n) is 9.94. The van der Waals surface area contributed by atoms with Crippen molar-refractivity contribution in [2.45, 2.75) is 20.4 Å². The number of halogens is 1. The van der Waals surface area contributed by atoms with Gasteiger partial charge in [0, 0.05) is 18.0 Å². The van der Waals surface area contributed by atoms with Crippen molar-refractivity contribution in [1.82, 2.24) is 15.0 Å². The summed E-state index contributed by atoms with van der Waals surface area (Å²) in [5.41, 5.74) is 3.76. The normalized spacial score (nSPS) is 10.6. The van der Waals surface area contributed by atoms with Crippen LogP contribution in [0.25, 0.3) is 0 Å². The molecule has 17 heavy (non-hydrogen) atoms. The highest BCUT2D eigenvalue weighted by atomic mass is 35.5. The van der Waals surface area contributed by atoms with Crippen molar-refractivity contribution in [3.63, 3.8) is 0 Å². The molecule has 0 aliphatic carbocycles. The van der Waals surface area contributed by atoms with Gasteiger partial charge >= 0.3 is 0 Å². The Labute approximate surface area is 109 Å². The van der Waals surface area contributed by atoms with Crippen molar-refractivity contribution in [3.05, 3.63) is 33.1 Å². The third kappa shape index (κ3) is 2.73. The van der Waals surface area contributed by atoms with Crippen LogP contribution >= 0.6 is 22.9 Å². The van der Waals surface area contributed by atoms with Gasteiger partial charge in [-0.05, 0) is 13.8 Å². The van der Waals surface area contributed by atoms with E-state index in [-0.39, 0.29) is 0 Å². The lowest BCUT2D eigenvalue weighted by molar-refractivity contribution is 0.852. The minimum atomic E-state index is 0.512. The van der Waals surface area contributed by atoms with Crippen LogP contribution in [0.4, 0.5) is 5.82 Å². The number of anilines is 1. The van der Waals surface area contributed by atoms with E-state index >= 15 is 0 Å². The van der Waals surface area contributed by atoms with Crippen LogP contribution in [0.2, 0.25) is 5.15 Å². The maximum Gasteiger partial charge on any atom is 0.137 e. The highest BCUT2D eigenvalue weighted by molar-refractivity contribution is 7.07. The molecule has 0 atom stereocenters. The fraction of sp³-hybridized carbons (Fsp3) is 0.364. The highest BCUT2D eigenvalue weighted by Gasteiger charge is 2.12. The molecule has 6 heteroatoms. The molecule has 0 saturated carbocycles. The molecular formula is C11H13ClN4S. The first-order valence-corrected chi connectivity index (χ1v) is 6.49. The van der Waals surface area contributed by atoms with Crippen molar-refractivity contribution >= 4 is 28.8 Å². The van der Waals surface area contributed by atoms with E-state index in [2.05, 4.69) is 15.0 Å². The molecule has 0 radical (unpaired) electrons. The average molecular weight is 269 g/mol. The maximum atomic E-state index is 6.05. The van der Waals surface area contributed by atoms with Gasteiger partial charge in [0.25, 0.3) is 0 Å². The molecule has 0 aromatic carbocycles. The molecule has 0 spiro atoms. The summed E-state index contributed by atoms with van der Waals surface area (Å²) in [5, 5.41) is 2.54. The third-order valence-corrected chi connectivity index (χ3v) is 3.42. The predicted molar refractivity (Wildman–Crippen MR) is 70.7 cm³/mol. The van der Waals surface area contributed by atoms with E-state index in [9.17, 15) is 0 Å². The van der Waals surface area contributed by atoms with Crippen molar-refractivity contribution in [1.29, 1.82) is 0 Å². The molecule has 0 aliphatic rings. The third-order valence-electron chi connectivity index (χ3n) is 2.42. The van der Waals surface area contributed by atoms with E-state index in [0.717, 1.165) is 23.6 Å². The van der Waals surface area contributed by atoms with Gasteiger partial charge < -0.3 is 4.90 Å². The summed E-state index contributed by atoms with van der Waals surface area (Å²) < 4.78 is 0. The molecule has 2 aromatic heterocycles. The van der Waals surface area contributed by atoms with Crippen LogP contribution in [0, 0.1) is 13.8 Å². The zero-order valence-corrected chi connectivity index (χ0v) is 11.5. The van der Waals surface area contributed by atoms with Crippen LogP contribution in [0.1, 0.15) is 17.1 Å². The lowest BCUT2D eigenvalue weighted by atomic mass is 10.3. The van der Waals surface area contributed by atoms with E-state index in [1.165, 1.54) is 0 Å². The SMILES string of the molecule is Cc1nc(Cl)c(C)c(N(C)Cc2cscn2)n1. The summed E-state index contributed by atoms with van der Waals surface area (Å²) in [6.07, 6.45) is 0. The summed E-state index contributed by atoms with van der Waals surface area (Å²) in [4.78, 5) is 14.8. The Balaban J connectivity index is 2.27. The summed E-state index contributed by atoms with van der Waals surface area (Å²) in [6.45, 7) is 4.48. The van der Waals surface area contributed by atoms with Gasteiger partial charge in [0.2, 0.25) is 0 Å². The smallest absolute Gasteiger partial charge is 0.137 e. The number of hydrogen-bond acceptors (Lipinski definition) is 5. The standard InChI is InChI=1S/C11H13ClN4S/c1-7-10(12)14-8(2)15-11(7)16(3)4-9-5-17-6-13-9/h5-6H,4H2,1-3H3. The largest absolute Gasteiger partial charge is 0.353 e. The summed E-state index contributed by atoms with van der Waals surface area (Å²) >= 11 is 7.64. The van der Waals surface area contributed by atoms with Crippen molar-refractivity contribution < 1.29 is 0 Å². The summed E-state index contributed by atoms with van der Waals surface area (Å²) in [6, 6.07) is 0. The molecule has 2 aromatic rings. The van der Waals surface area contributed by atoms with Crippen molar-refractivity contribution in [2.24, 2.45) is 0 Å². The fourth-order valence-electron chi connectivity index (χ4n) is 1.59. The van der Waals surface area contributed by atoms with Crippen LogP contribution in [0.3, 0.4) is 0 Å². The number of hydrogen-bond donors (Lipinski definition) is 0. The molecule has 0 unspecified atom stereocenters. The van der Waals surface area contributed by atoms with Gasteiger partial charge in [-0.25, -0.2) is 15.0 Å². The highest BCUT2D eigenvalue weighted by Crippen LogP contribution is 2.23. The Morgan fingerprint density at radius 3 is 2.76 bits per heavy atom. The molecule has 0 N–H and O–H groups in total. The van der Waals surface area contributed by atoms with E-state index in [1.807, 2.05) is 36.7 Å². The molecule has 2 rings (SSSR count). The topological polar surface area (TPSA) is 41.9 Å². The zero-order chi connectivity index (χ0) is 12.4. The lowest BCUT2D eigenvalue weighted by Crippen LogP contribution is -2.20. The summed E-state index contributed by atoms with van der Waals surface area (Å²) in [7, 11) is 1.98. The summed E-state index contributed by atoms with van der Waals surface area (Å²) in [5.74, 6) is 1.54. The van der Waals surface area contributed by atoms with Gasteiger partial charge in [-0.3, -0.25) is 0 Å². The van der Waals surface area contributed by atoms with Crippen LogP contribution in [-0.2, 0) is 6.54 Å². The predicted octanol–water partition coefficient (Wildman–Crippen LogP) is 2.84. The Kier molecular flexibility index (Phi) is 3.59. The van der Waals surface area contributed by atoms with Gasteiger partial charge in [0.05, 0.1) is 17.7 Å². The van der Waals surface area contributed by atoms with Gasteiger partial charge in [0.15, 0.2) is 0 Å². The number of aryl methyl sites for hydroxylation is 1. The van der Waals surface area contributed by atoms with Crippen molar-refractivity contribution in [2.75, 3.05) is 11.9 Å². The van der Waals surface area contributed by atoms with Crippen LogP contribution in [0.15, 0.2) is 10.9 Å². The molecule has 0 bridgehead atoms. The molecule has 0 amide bonds. The van der Waals surface area contributed by atoms with Crippen LogP contribution < -0.4 is 4.90 Å². The number of rotatable bonds is 3. The fourth-order valence-corrected chi connectivity index (χ4v) is 2.34. The Hall–Kier alpha value is -1.20. The molecule has 0 aliphatic heterocycles. The molecule has 4 nitrogen and oxygen atoms in total. The minimum Gasteiger partial charge on any atom is -0.353 e. The Morgan fingerprint density at radius 1 is 1.35 bits per heavy atom. The van der Waals surface area contributed by atoms with E-state index in [1.54, 1.807) is 11.3 Å². The first-order valence-electron chi connectivity index (χ1n) is 5.17. The quantitative estimate of drug-likeness (QED) is 0.803. The van der Waals surface area contributed by atoms with Gasteiger partial charge in [-0.1, -0.05) is 11.6 Å². The second-order valence-corrected chi connectivity index (χ2v) is 4.92. The van der Waals surface area contributed by atoms with Gasteiger partial charge in [0.1, 0.15) is 16.8 Å².